The van der Waals surface area contributed by atoms with Gasteiger partial charge in [0.05, 0.1) is 19.3 Å². The lowest BCUT2D eigenvalue weighted by atomic mass is 9.93. The Morgan fingerprint density at radius 3 is 2.79 bits per heavy atom. The summed E-state index contributed by atoms with van der Waals surface area (Å²) < 4.78 is 16.2. The monoisotopic (exact) mass is 338 g/mol. The molecule has 1 aromatic carbocycles. The molecule has 2 rings (SSSR count). The van der Waals surface area contributed by atoms with Crippen LogP contribution in [0.3, 0.4) is 0 Å². The van der Waals surface area contributed by atoms with E-state index >= 15 is 0 Å². The highest BCUT2D eigenvalue weighted by Crippen LogP contribution is 2.32. The fourth-order valence-electron chi connectivity index (χ4n) is 2.89. The highest BCUT2D eigenvalue weighted by molar-refractivity contribution is 5.44. The van der Waals surface area contributed by atoms with E-state index in [1.807, 2.05) is 18.2 Å². The van der Waals surface area contributed by atoms with E-state index in [4.69, 9.17) is 14.2 Å². The van der Waals surface area contributed by atoms with Crippen molar-refractivity contribution in [3.8, 4) is 11.5 Å². The fraction of sp³-hybridized carbons (Fsp3) is 0.667. The van der Waals surface area contributed by atoms with Crippen molar-refractivity contribution in [1.82, 2.24) is 10.2 Å². The number of hydrogen-bond donors (Lipinski definition) is 2. The number of aliphatic hydroxyl groups is 1. The molecule has 24 heavy (non-hydrogen) atoms. The van der Waals surface area contributed by atoms with Gasteiger partial charge in [0.2, 0.25) is 6.79 Å². The summed E-state index contributed by atoms with van der Waals surface area (Å²) in [6.45, 7) is 7.81. The molecule has 0 fully saturated rings. The molecule has 0 bridgehead atoms. The van der Waals surface area contributed by atoms with Gasteiger partial charge in [0, 0.05) is 19.6 Å². The highest BCUT2D eigenvalue weighted by Gasteiger charge is 2.19. The van der Waals surface area contributed by atoms with Gasteiger partial charge in [0.1, 0.15) is 0 Å². The van der Waals surface area contributed by atoms with Crippen LogP contribution in [0.15, 0.2) is 18.2 Å². The van der Waals surface area contributed by atoms with Crippen LogP contribution in [0.5, 0.6) is 11.5 Å². The molecule has 0 saturated carbocycles. The van der Waals surface area contributed by atoms with Crippen LogP contribution in [0, 0.1) is 5.41 Å². The van der Waals surface area contributed by atoms with Crippen LogP contribution >= 0.6 is 0 Å². The Kier molecular flexibility index (Phi) is 6.86. The standard InChI is InChI=1S/C18H30N2O4/c1-18(2,12-20(3)4)11-19-8-15(21)10-22-9-14-5-6-16-17(7-14)24-13-23-16/h5-7,15,19,21H,8-13H2,1-4H3/t15-/m0/s1. The van der Waals surface area contributed by atoms with Gasteiger partial charge in [-0.15, -0.1) is 0 Å². The Bertz CT molecular complexity index is 520. The number of nitrogens with zero attached hydrogens (tertiary/aromatic N) is 1. The molecule has 0 aromatic heterocycles. The minimum Gasteiger partial charge on any atom is -0.454 e. The number of rotatable bonds is 10. The second kappa shape index (κ2) is 8.67. The van der Waals surface area contributed by atoms with Gasteiger partial charge in [-0.1, -0.05) is 19.9 Å². The summed E-state index contributed by atoms with van der Waals surface area (Å²) in [6.07, 6.45) is -0.519. The van der Waals surface area contributed by atoms with Crippen LogP contribution in [0.25, 0.3) is 0 Å². The molecular weight excluding hydrogens is 308 g/mol. The first kappa shape index (κ1) is 19.0. The minimum atomic E-state index is -0.519. The first-order valence-corrected chi connectivity index (χ1v) is 8.35. The smallest absolute Gasteiger partial charge is 0.231 e. The second-order valence-electron chi connectivity index (χ2n) is 7.39. The Morgan fingerprint density at radius 1 is 1.29 bits per heavy atom. The molecule has 0 radical (unpaired) electrons. The summed E-state index contributed by atoms with van der Waals surface area (Å²) in [5.74, 6) is 1.52. The molecular formula is C18H30N2O4. The average molecular weight is 338 g/mol. The van der Waals surface area contributed by atoms with Crippen molar-refractivity contribution in [2.24, 2.45) is 5.41 Å². The van der Waals surface area contributed by atoms with Crippen LogP contribution < -0.4 is 14.8 Å². The van der Waals surface area contributed by atoms with E-state index in [0.29, 0.717) is 19.8 Å². The van der Waals surface area contributed by atoms with E-state index in [-0.39, 0.29) is 12.2 Å². The maximum Gasteiger partial charge on any atom is 0.231 e. The van der Waals surface area contributed by atoms with Gasteiger partial charge in [-0.25, -0.2) is 0 Å². The number of fused-ring (bicyclic) bond motifs is 1. The van der Waals surface area contributed by atoms with Gasteiger partial charge in [0.25, 0.3) is 0 Å². The predicted octanol–water partition coefficient (Wildman–Crippen LogP) is 1.47. The summed E-state index contributed by atoms with van der Waals surface area (Å²) >= 11 is 0. The second-order valence-corrected chi connectivity index (χ2v) is 7.39. The van der Waals surface area contributed by atoms with E-state index < -0.39 is 6.10 Å². The maximum absolute atomic E-state index is 10.0. The normalized spacial score (nSPS) is 15.1. The molecule has 1 aliphatic heterocycles. The van der Waals surface area contributed by atoms with E-state index in [2.05, 4.69) is 38.2 Å². The number of benzene rings is 1. The lowest BCUT2D eigenvalue weighted by Crippen LogP contribution is -2.40. The van der Waals surface area contributed by atoms with Crippen LogP contribution in [0.4, 0.5) is 0 Å². The zero-order chi connectivity index (χ0) is 17.6. The topological polar surface area (TPSA) is 63.2 Å². The first-order valence-electron chi connectivity index (χ1n) is 8.35. The van der Waals surface area contributed by atoms with Crippen LogP contribution in [-0.4, -0.2) is 63.2 Å². The zero-order valence-electron chi connectivity index (χ0n) is 15.2. The van der Waals surface area contributed by atoms with Crippen molar-refractivity contribution < 1.29 is 19.3 Å². The molecule has 2 N–H and O–H groups in total. The number of ether oxygens (including phenoxy) is 3. The summed E-state index contributed by atoms with van der Waals surface area (Å²) in [4.78, 5) is 2.17. The molecule has 0 spiro atoms. The third kappa shape index (κ3) is 6.28. The Hall–Kier alpha value is -1.34. The third-order valence-electron chi connectivity index (χ3n) is 3.74. The molecule has 1 aliphatic rings. The van der Waals surface area contributed by atoms with Gasteiger partial charge < -0.3 is 29.5 Å². The quantitative estimate of drug-likeness (QED) is 0.674. The van der Waals surface area contributed by atoms with E-state index in [1.54, 1.807) is 0 Å². The van der Waals surface area contributed by atoms with Gasteiger partial charge in [-0.05, 0) is 37.2 Å². The largest absolute Gasteiger partial charge is 0.454 e. The maximum atomic E-state index is 10.0. The van der Waals surface area contributed by atoms with E-state index in [9.17, 15) is 5.11 Å². The van der Waals surface area contributed by atoms with Gasteiger partial charge in [-0.2, -0.15) is 0 Å². The first-order chi connectivity index (χ1) is 11.4. The Morgan fingerprint density at radius 2 is 2.04 bits per heavy atom. The summed E-state index contributed by atoms with van der Waals surface area (Å²) in [5, 5.41) is 13.3. The highest BCUT2D eigenvalue weighted by atomic mass is 16.7. The van der Waals surface area contributed by atoms with Gasteiger partial charge in [-0.3, -0.25) is 0 Å². The molecule has 0 saturated heterocycles. The van der Waals surface area contributed by atoms with Crippen molar-refractivity contribution in [2.75, 3.05) is 47.1 Å². The molecule has 6 nitrogen and oxygen atoms in total. The summed E-state index contributed by atoms with van der Waals surface area (Å²) in [5.41, 5.74) is 1.17. The van der Waals surface area contributed by atoms with Gasteiger partial charge >= 0.3 is 0 Å². The number of aliphatic hydroxyl groups excluding tert-OH is 1. The molecule has 1 aromatic rings. The molecule has 136 valence electrons. The lowest BCUT2D eigenvalue weighted by molar-refractivity contribution is 0.0276. The fourth-order valence-corrected chi connectivity index (χ4v) is 2.89. The SMILES string of the molecule is CN(C)CC(C)(C)CNC[C@H](O)COCc1ccc2c(c1)OCO2. The van der Waals surface area contributed by atoms with Crippen molar-refractivity contribution in [1.29, 1.82) is 0 Å². The van der Waals surface area contributed by atoms with Crippen LogP contribution in [-0.2, 0) is 11.3 Å². The van der Waals surface area contributed by atoms with Crippen molar-refractivity contribution >= 4 is 0 Å². The average Bonchev–Trinajstić information content (AvgIpc) is 2.93. The molecule has 6 heteroatoms. The number of nitrogens with one attached hydrogen (secondary N) is 1. The summed E-state index contributed by atoms with van der Waals surface area (Å²) in [6, 6.07) is 5.74. The molecule has 1 heterocycles. The Labute approximate surface area is 144 Å². The summed E-state index contributed by atoms with van der Waals surface area (Å²) in [7, 11) is 4.14. The van der Waals surface area contributed by atoms with Crippen LogP contribution in [0.2, 0.25) is 0 Å². The number of hydrogen-bond acceptors (Lipinski definition) is 6. The molecule has 0 unspecified atom stereocenters. The molecule has 0 aliphatic carbocycles. The van der Waals surface area contributed by atoms with Gasteiger partial charge in [0.15, 0.2) is 11.5 Å². The van der Waals surface area contributed by atoms with E-state index in [0.717, 1.165) is 30.2 Å². The van der Waals surface area contributed by atoms with E-state index in [1.165, 1.54) is 0 Å². The minimum absolute atomic E-state index is 0.163. The predicted molar refractivity (Wildman–Crippen MR) is 93.4 cm³/mol. The Balaban J connectivity index is 1.62. The van der Waals surface area contributed by atoms with Crippen molar-refractivity contribution in [3.05, 3.63) is 23.8 Å². The van der Waals surface area contributed by atoms with Crippen molar-refractivity contribution in [2.45, 2.75) is 26.6 Å². The lowest BCUT2D eigenvalue weighted by Gasteiger charge is -2.29. The third-order valence-corrected chi connectivity index (χ3v) is 3.74. The molecule has 1 atom stereocenters. The van der Waals surface area contributed by atoms with Crippen molar-refractivity contribution in [3.63, 3.8) is 0 Å². The zero-order valence-corrected chi connectivity index (χ0v) is 15.2. The van der Waals surface area contributed by atoms with Crippen LogP contribution in [0.1, 0.15) is 19.4 Å². The molecule has 0 amide bonds.